The van der Waals surface area contributed by atoms with Gasteiger partial charge in [0.2, 0.25) is 0 Å². The van der Waals surface area contributed by atoms with E-state index in [-0.39, 0.29) is 22.9 Å². The highest BCUT2D eigenvalue weighted by Gasteiger charge is 2.62. The summed E-state index contributed by atoms with van der Waals surface area (Å²) in [5.74, 6) is 8.04. The summed E-state index contributed by atoms with van der Waals surface area (Å²) < 4.78 is 0. The van der Waals surface area contributed by atoms with E-state index in [4.69, 9.17) is 0 Å². The van der Waals surface area contributed by atoms with Crippen molar-refractivity contribution in [1.29, 1.82) is 0 Å². The van der Waals surface area contributed by atoms with Crippen LogP contribution in [0.1, 0.15) is 68.9 Å². The molecule has 2 saturated carbocycles. The molecule has 2 aromatic rings. The van der Waals surface area contributed by atoms with Crippen molar-refractivity contribution >= 4 is 5.78 Å². The molecule has 35 heavy (non-hydrogen) atoms. The van der Waals surface area contributed by atoms with Gasteiger partial charge in [0, 0.05) is 23.3 Å². The number of allylic oxidation sites excluding steroid dienone is 4. The number of ketones is 1. The van der Waals surface area contributed by atoms with Gasteiger partial charge in [0.1, 0.15) is 11.4 Å². The van der Waals surface area contributed by atoms with Crippen LogP contribution >= 0.6 is 0 Å². The van der Waals surface area contributed by atoms with Crippen molar-refractivity contribution in [3.05, 3.63) is 88.5 Å². The number of aromatic hydroxyl groups is 1. The van der Waals surface area contributed by atoms with Crippen molar-refractivity contribution < 1.29 is 15.0 Å². The number of benzene rings is 2. The first-order valence-corrected chi connectivity index (χ1v) is 12.9. The first kappa shape index (κ1) is 22.4. The normalized spacial score (nSPS) is 33.7. The topological polar surface area (TPSA) is 57.5 Å². The SMILES string of the molecule is C[C@]12C[C@H](c3ccc(O)cc3)C3=C4CCC(=O)C=C4CC[C@H]3[C@@H]1CC[C@@]2(O)C#Cc1ccccc1. The van der Waals surface area contributed by atoms with Crippen molar-refractivity contribution in [1.82, 2.24) is 0 Å². The van der Waals surface area contributed by atoms with Gasteiger partial charge in [-0.2, -0.15) is 0 Å². The summed E-state index contributed by atoms with van der Waals surface area (Å²) in [7, 11) is 0. The van der Waals surface area contributed by atoms with E-state index in [0.717, 1.165) is 37.7 Å². The summed E-state index contributed by atoms with van der Waals surface area (Å²) in [6, 6.07) is 17.5. The summed E-state index contributed by atoms with van der Waals surface area (Å²) >= 11 is 0. The lowest BCUT2D eigenvalue weighted by atomic mass is 9.51. The van der Waals surface area contributed by atoms with Crippen LogP contribution in [0.4, 0.5) is 0 Å². The molecule has 0 radical (unpaired) electrons. The van der Waals surface area contributed by atoms with Crippen molar-refractivity contribution in [2.45, 2.75) is 63.4 Å². The molecule has 0 heterocycles. The van der Waals surface area contributed by atoms with E-state index in [9.17, 15) is 15.0 Å². The first-order chi connectivity index (χ1) is 16.9. The van der Waals surface area contributed by atoms with Crippen LogP contribution in [0.5, 0.6) is 5.75 Å². The van der Waals surface area contributed by atoms with E-state index in [1.165, 1.54) is 22.3 Å². The van der Waals surface area contributed by atoms with E-state index < -0.39 is 5.60 Å². The Morgan fingerprint density at radius 2 is 1.74 bits per heavy atom. The summed E-state index contributed by atoms with van der Waals surface area (Å²) in [6.45, 7) is 2.26. The standard InChI is InChI=1S/C32H32O3/c1-31-20-28(22-7-10-24(33)11-8-22)30-26-14-12-25(34)19-23(26)9-13-27(30)29(31)16-18-32(31,35)17-15-21-5-3-2-4-6-21/h2-8,10-11,19,27-29,33,35H,9,12-14,16,18,20H2,1H3/t27-,28+,29-,31-,32-/m0/s1. The Labute approximate surface area is 207 Å². The highest BCUT2D eigenvalue weighted by molar-refractivity contribution is 5.93. The van der Waals surface area contributed by atoms with Gasteiger partial charge in [-0.15, -0.1) is 0 Å². The number of hydrogen-bond donors (Lipinski definition) is 2. The highest BCUT2D eigenvalue weighted by atomic mass is 16.3. The second-order valence-corrected chi connectivity index (χ2v) is 11.1. The van der Waals surface area contributed by atoms with Crippen molar-refractivity contribution in [3.8, 4) is 17.6 Å². The van der Waals surface area contributed by atoms with Gasteiger partial charge in [0.25, 0.3) is 0 Å². The molecule has 3 nitrogen and oxygen atoms in total. The third-order valence-electron chi connectivity index (χ3n) is 9.37. The van der Waals surface area contributed by atoms with Gasteiger partial charge in [-0.3, -0.25) is 4.79 Å². The Kier molecular flexibility index (Phi) is 5.27. The molecule has 0 saturated heterocycles. The van der Waals surface area contributed by atoms with Crippen LogP contribution in [0.25, 0.3) is 0 Å². The number of phenolic OH excluding ortho intramolecular Hbond substituents is 1. The quantitative estimate of drug-likeness (QED) is 0.503. The van der Waals surface area contributed by atoms with E-state index >= 15 is 0 Å². The van der Waals surface area contributed by atoms with Gasteiger partial charge >= 0.3 is 0 Å². The molecule has 2 N–H and O–H groups in total. The number of hydrogen-bond acceptors (Lipinski definition) is 3. The highest BCUT2D eigenvalue weighted by Crippen LogP contribution is 2.66. The minimum absolute atomic E-state index is 0.150. The van der Waals surface area contributed by atoms with Crippen molar-refractivity contribution in [2.75, 3.05) is 0 Å². The maximum atomic E-state index is 12.2. The van der Waals surface area contributed by atoms with Gasteiger partial charge in [-0.05, 0) is 97.4 Å². The van der Waals surface area contributed by atoms with Gasteiger partial charge in [0.15, 0.2) is 5.78 Å². The van der Waals surface area contributed by atoms with E-state index in [1.54, 1.807) is 12.1 Å². The molecule has 0 aliphatic heterocycles. The van der Waals surface area contributed by atoms with Gasteiger partial charge in [-0.25, -0.2) is 0 Å². The Balaban J connectivity index is 1.47. The molecule has 0 bridgehead atoms. The summed E-state index contributed by atoms with van der Waals surface area (Å²) in [5, 5.41) is 22.0. The number of phenols is 1. The summed E-state index contributed by atoms with van der Waals surface area (Å²) in [5.41, 5.74) is 4.85. The molecule has 178 valence electrons. The van der Waals surface area contributed by atoms with Crippen LogP contribution < -0.4 is 0 Å². The molecule has 0 aromatic heterocycles. The van der Waals surface area contributed by atoms with Gasteiger partial charge in [-0.1, -0.05) is 54.7 Å². The van der Waals surface area contributed by atoms with Crippen molar-refractivity contribution in [2.24, 2.45) is 17.3 Å². The zero-order valence-electron chi connectivity index (χ0n) is 20.3. The van der Waals surface area contributed by atoms with Crippen LogP contribution in [-0.4, -0.2) is 21.6 Å². The number of carbonyl (C=O) groups is 1. The third-order valence-corrected chi connectivity index (χ3v) is 9.37. The monoisotopic (exact) mass is 464 g/mol. The lowest BCUT2D eigenvalue weighted by molar-refractivity contribution is -0.114. The van der Waals surface area contributed by atoms with Crippen LogP contribution in [0.3, 0.4) is 0 Å². The fourth-order valence-electron chi connectivity index (χ4n) is 7.57. The number of aliphatic hydroxyl groups is 1. The Morgan fingerprint density at radius 3 is 2.51 bits per heavy atom. The van der Waals surface area contributed by atoms with Crippen molar-refractivity contribution in [3.63, 3.8) is 0 Å². The number of rotatable bonds is 1. The fourth-order valence-corrected chi connectivity index (χ4v) is 7.57. The van der Waals surface area contributed by atoms with Crippen LogP contribution in [0.2, 0.25) is 0 Å². The Hall–Kier alpha value is -3.09. The molecular formula is C32H32O3. The van der Waals surface area contributed by atoms with Gasteiger partial charge in [0.05, 0.1) is 0 Å². The lowest BCUT2D eigenvalue weighted by Crippen LogP contribution is -2.51. The minimum Gasteiger partial charge on any atom is -0.508 e. The van der Waals surface area contributed by atoms with E-state index in [2.05, 4.69) is 18.8 Å². The molecule has 0 spiro atoms. The zero-order valence-corrected chi connectivity index (χ0v) is 20.3. The predicted octanol–water partition coefficient (Wildman–Crippen LogP) is 6.07. The molecule has 6 rings (SSSR count). The molecule has 5 atom stereocenters. The second kappa shape index (κ2) is 8.25. The largest absolute Gasteiger partial charge is 0.508 e. The number of fused-ring (bicyclic) bond motifs is 4. The molecule has 2 fully saturated rings. The second-order valence-electron chi connectivity index (χ2n) is 11.1. The fraction of sp³-hybridized carbons (Fsp3) is 0.406. The Bertz CT molecular complexity index is 1290. The first-order valence-electron chi connectivity index (χ1n) is 12.9. The Morgan fingerprint density at radius 1 is 0.971 bits per heavy atom. The molecule has 0 amide bonds. The average molecular weight is 465 g/mol. The summed E-state index contributed by atoms with van der Waals surface area (Å²) in [4.78, 5) is 12.2. The minimum atomic E-state index is -1.04. The number of carbonyl (C=O) groups excluding carboxylic acids is 1. The van der Waals surface area contributed by atoms with Crippen LogP contribution in [0.15, 0.2) is 77.4 Å². The average Bonchev–Trinajstić information content (AvgIpc) is 3.13. The molecule has 4 aliphatic carbocycles. The molecule has 0 unspecified atom stereocenters. The third kappa shape index (κ3) is 3.58. The van der Waals surface area contributed by atoms with Crippen LogP contribution in [0, 0.1) is 29.1 Å². The molecule has 3 heteroatoms. The maximum absolute atomic E-state index is 12.2. The molecule has 2 aromatic carbocycles. The maximum Gasteiger partial charge on any atom is 0.156 e. The zero-order chi connectivity index (χ0) is 24.2. The van der Waals surface area contributed by atoms with E-state index in [0.29, 0.717) is 24.7 Å². The predicted molar refractivity (Wildman–Crippen MR) is 137 cm³/mol. The molecule has 4 aliphatic rings. The summed E-state index contributed by atoms with van der Waals surface area (Å²) in [6.07, 6.45) is 7.75. The molecular weight excluding hydrogens is 432 g/mol. The smallest absolute Gasteiger partial charge is 0.156 e. The van der Waals surface area contributed by atoms with Gasteiger partial charge < -0.3 is 10.2 Å². The van der Waals surface area contributed by atoms with E-state index in [1.807, 2.05) is 48.5 Å². The lowest BCUT2D eigenvalue weighted by Gasteiger charge is -2.53. The van der Waals surface area contributed by atoms with Crippen LogP contribution in [-0.2, 0) is 4.79 Å².